The molecule has 0 spiro atoms. The van der Waals surface area contributed by atoms with Crippen LogP contribution < -0.4 is 5.32 Å². The average Bonchev–Trinajstić information content (AvgIpc) is 2.70. The number of hydrogen-bond acceptors (Lipinski definition) is 3. The monoisotopic (exact) mass is 285 g/mol. The first kappa shape index (κ1) is 11.4. The molecule has 4 nitrogen and oxygen atoms in total. The molecule has 1 heterocycles. The van der Waals surface area contributed by atoms with Crippen molar-refractivity contribution in [2.45, 2.75) is 12.5 Å². The SMILES string of the molecule is O=C(O)c1ccc(NC2CCOC2)cc1Br. The van der Waals surface area contributed by atoms with Crippen LogP contribution in [0.2, 0.25) is 0 Å². The number of carbonyl (C=O) groups is 1. The predicted molar refractivity (Wildman–Crippen MR) is 63.9 cm³/mol. The van der Waals surface area contributed by atoms with Crippen LogP contribution in [-0.2, 0) is 4.74 Å². The van der Waals surface area contributed by atoms with Gasteiger partial charge >= 0.3 is 5.97 Å². The lowest BCUT2D eigenvalue weighted by Crippen LogP contribution is -2.18. The van der Waals surface area contributed by atoms with E-state index in [1.165, 1.54) is 0 Å². The highest BCUT2D eigenvalue weighted by molar-refractivity contribution is 9.10. The summed E-state index contributed by atoms with van der Waals surface area (Å²) in [6.45, 7) is 1.49. The molecule has 0 aliphatic carbocycles. The van der Waals surface area contributed by atoms with Gasteiger partial charge in [0.2, 0.25) is 0 Å². The van der Waals surface area contributed by atoms with Crippen LogP contribution >= 0.6 is 15.9 Å². The molecule has 2 N–H and O–H groups in total. The summed E-state index contributed by atoms with van der Waals surface area (Å²) in [5, 5.41) is 12.2. The predicted octanol–water partition coefficient (Wildman–Crippen LogP) is 2.35. The number of hydrogen-bond donors (Lipinski definition) is 2. The molecule has 1 unspecified atom stereocenters. The minimum Gasteiger partial charge on any atom is -0.478 e. The van der Waals surface area contributed by atoms with Crippen molar-refractivity contribution in [1.29, 1.82) is 0 Å². The number of carboxylic acids is 1. The molecule has 0 bridgehead atoms. The summed E-state index contributed by atoms with van der Waals surface area (Å²) in [4.78, 5) is 10.8. The summed E-state index contributed by atoms with van der Waals surface area (Å²) in [5.41, 5.74) is 1.18. The van der Waals surface area contributed by atoms with Gasteiger partial charge in [-0.25, -0.2) is 4.79 Å². The van der Waals surface area contributed by atoms with Crippen molar-refractivity contribution in [2.24, 2.45) is 0 Å². The highest BCUT2D eigenvalue weighted by Crippen LogP contribution is 2.23. The maximum atomic E-state index is 10.8. The van der Waals surface area contributed by atoms with Gasteiger partial charge in [0.25, 0.3) is 0 Å². The first-order valence-corrected chi connectivity index (χ1v) is 5.83. The zero-order valence-electron chi connectivity index (χ0n) is 8.57. The van der Waals surface area contributed by atoms with Crippen LogP contribution in [0.15, 0.2) is 22.7 Å². The highest BCUT2D eigenvalue weighted by Gasteiger charge is 2.16. The van der Waals surface area contributed by atoms with E-state index in [1.807, 2.05) is 0 Å². The maximum absolute atomic E-state index is 10.8. The van der Waals surface area contributed by atoms with E-state index in [2.05, 4.69) is 21.2 Å². The van der Waals surface area contributed by atoms with E-state index in [-0.39, 0.29) is 5.56 Å². The number of nitrogens with one attached hydrogen (secondary N) is 1. The zero-order valence-corrected chi connectivity index (χ0v) is 10.2. The zero-order chi connectivity index (χ0) is 11.5. The van der Waals surface area contributed by atoms with Crippen molar-refractivity contribution in [3.8, 4) is 0 Å². The maximum Gasteiger partial charge on any atom is 0.336 e. The van der Waals surface area contributed by atoms with E-state index in [0.29, 0.717) is 17.1 Å². The van der Waals surface area contributed by atoms with Gasteiger partial charge in [-0.3, -0.25) is 0 Å². The summed E-state index contributed by atoms with van der Waals surface area (Å²) in [6.07, 6.45) is 0.984. The topological polar surface area (TPSA) is 58.6 Å². The molecule has 1 aliphatic heterocycles. The summed E-state index contributed by atoms with van der Waals surface area (Å²) in [5.74, 6) is -0.928. The Morgan fingerprint density at radius 1 is 1.56 bits per heavy atom. The van der Waals surface area contributed by atoms with Gasteiger partial charge in [-0.2, -0.15) is 0 Å². The molecule has 0 amide bonds. The molecular formula is C11H12BrNO3. The molecule has 0 radical (unpaired) electrons. The van der Waals surface area contributed by atoms with E-state index in [4.69, 9.17) is 9.84 Å². The van der Waals surface area contributed by atoms with Crippen molar-refractivity contribution in [2.75, 3.05) is 18.5 Å². The average molecular weight is 286 g/mol. The van der Waals surface area contributed by atoms with Gasteiger partial charge in [-0.15, -0.1) is 0 Å². The molecule has 1 aromatic rings. The van der Waals surface area contributed by atoms with E-state index in [9.17, 15) is 4.79 Å². The summed E-state index contributed by atoms with van der Waals surface area (Å²) >= 11 is 3.25. The van der Waals surface area contributed by atoms with Gasteiger partial charge in [0, 0.05) is 16.8 Å². The molecule has 2 rings (SSSR count). The van der Waals surface area contributed by atoms with Gasteiger partial charge in [0.1, 0.15) is 0 Å². The largest absolute Gasteiger partial charge is 0.478 e. The molecule has 5 heteroatoms. The van der Waals surface area contributed by atoms with Crippen LogP contribution in [0.1, 0.15) is 16.8 Å². The fraction of sp³-hybridized carbons (Fsp3) is 0.364. The Hall–Kier alpha value is -1.07. The number of benzene rings is 1. The van der Waals surface area contributed by atoms with Crippen molar-refractivity contribution in [3.05, 3.63) is 28.2 Å². The number of carboxylic acid groups (broad SMARTS) is 1. The van der Waals surface area contributed by atoms with Gasteiger partial charge in [0.15, 0.2) is 0 Å². The van der Waals surface area contributed by atoms with Crippen LogP contribution in [0, 0.1) is 0 Å². The fourth-order valence-corrected chi connectivity index (χ4v) is 2.21. The minimum atomic E-state index is -0.928. The van der Waals surface area contributed by atoms with Gasteiger partial charge < -0.3 is 15.2 Å². The molecule has 1 aliphatic rings. The summed E-state index contributed by atoms with van der Waals surface area (Å²) < 4.78 is 5.84. The van der Waals surface area contributed by atoms with Gasteiger partial charge in [0.05, 0.1) is 18.2 Å². The van der Waals surface area contributed by atoms with Crippen LogP contribution in [0.4, 0.5) is 5.69 Å². The third kappa shape index (κ3) is 2.54. The van der Waals surface area contributed by atoms with Crippen LogP contribution in [-0.4, -0.2) is 30.3 Å². The van der Waals surface area contributed by atoms with Crippen LogP contribution in [0.3, 0.4) is 0 Å². The van der Waals surface area contributed by atoms with Crippen LogP contribution in [0.5, 0.6) is 0 Å². The van der Waals surface area contributed by atoms with Crippen molar-refractivity contribution in [1.82, 2.24) is 0 Å². The second-order valence-electron chi connectivity index (χ2n) is 3.70. The number of ether oxygens (including phenoxy) is 1. The van der Waals surface area contributed by atoms with Crippen molar-refractivity contribution in [3.63, 3.8) is 0 Å². The fourth-order valence-electron chi connectivity index (χ4n) is 1.66. The van der Waals surface area contributed by atoms with Crippen molar-refractivity contribution >= 4 is 27.6 Å². The Labute approximate surface area is 102 Å². The Morgan fingerprint density at radius 2 is 2.38 bits per heavy atom. The van der Waals surface area contributed by atoms with Gasteiger partial charge in [-0.05, 0) is 40.5 Å². The molecule has 1 atom stereocenters. The number of aromatic carboxylic acids is 1. The Morgan fingerprint density at radius 3 is 2.94 bits per heavy atom. The standard InChI is InChI=1S/C11H12BrNO3/c12-10-5-7(1-2-9(10)11(14)15)13-8-3-4-16-6-8/h1-2,5,8,13H,3-4,6H2,(H,14,15). The molecule has 1 fully saturated rings. The van der Waals surface area contributed by atoms with Crippen LogP contribution in [0.25, 0.3) is 0 Å². The Kier molecular flexibility index (Phi) is 3.46. The molecule has 1 saturated heterocycles. The first-order valence-electron chi connectivity index (χ1n) is 5.04. The third-order valence-corrected chi connectivity index (χ3v) is 3.16. The Bertz CT molecular complexity index is 402. The van der Waals surface area contributed by atoms with E-state index in [0.717, 1.165) is 18.7 Å². The van der Waals surface area contributed by atoms with Gasteiger partial charge in [-0.1, -0.05) is 0 Å². The second-order valence-corrected chi connectivity index (χ2v) is 4.56. The molecule has 0 saturated carbocycles. The highest BCUT2D eigenvalue weighted by atomic mass is 79.9. The van der Waals surface area contributed by atoms with Crippen molar-refractivity contribution < 1.29 is 14.6 Å². The lowest BCUT2D eigenvalue weighted by atomic mass is 10.2. The summed E-state index contributed by atoms with van der Waals surface area (Å²) in [6, 6.07) is 5.46. The smallest absolute Gasteiger partial charge is 0.336 e. The molecule has 1 aromatic carbocycles. The molecular weight excluding hydrogens is 274 g/mol. The summed E-state index contributed by atoms with van der Waals surface area (Å²) in [7, 11) is 0. The third-order valence-electron chi connectivity index (χ3n) is 2.50. The van der Waals surface area contributed by atoms with E-state index < -0.39 is 5.97 Å². The normalized spacial score (nSPS) is 19.7. The van der Waals surface area contributed by atoms with E-state index in [1.54, 1.807) is 18.2 Å². The number of anilines is 1. The number of rotatable bonds is 3. The molecule has 86 valence electrons. The second kappa shape index (κ2) is 4.84. The Balaban J connectivity index is 2.11. The lowest BCUT2D eigenvalue weighted by molar-refractivity contribution is 0.0696. The van der Waals surface area contributed by atoms with E-state index >= 15 is 0 Å². The molecule has 0 aromatic heterocycles. The first-order chi connectivity index (χ1) is 7.66. The quantitative estimate of drug-likeness (QED) is 0.895. The molecule has 16 heavy (non-hydrogen) atoms. The number of halogens is 1. The minimum absolute atomic E-state index is 0.272. The lowest BCUT2D eigenvalue weighted by Gasteiger charge is -2.12.